The molecule has 8 heteroatoms. The lowest BCUT2D eigenvalue weighted by atomic mass is 9.68. The van der Waals surface area contributed by atoms with Crippen molar-refractivity contribution in [3.05, 3.63) is 59.7 Å². The molecule has 1 atom stereocenters. The molecule has 2 aliphatic rings. The van der Waals surface area contributed by atoms with Gasteiger partial charge in [0.05, 0.1) is 12.0 Å². The zero-order valence-electron chi connectivity index (χ0n) is 17.5. The Kier molecular flexibility index (Phi) is 6.14. The van der Waals surface area contributed by atoms with Crippen molar-refractivity contribution in [2.45, 2.75) is 31.2 Å². The second-order valence-electron chi connectivity index (χ2n) is 8.36. The van der Waals surface area contributed by atoms with Crippen LogP contribution in [-0.2, 0) is 14.3 Å². The van der Waals surface area contributed by atoms with E-state index in [0.29, 0.717) is 12.8 Å². The molecular weight excluding hydrogens is 412 g/mol. The maximum atomic E-state index is 12.6. The molecule has 32 heavy (non-hydrogen) atoms. The Balaban J connectivity index is 1.35. The predicted molar refractivity (Wildman–Crippen MR) is 116 cm³/mol. The van der Waals surface area contributed by atoms with Crippen molar-refractivity contribution in [1.82, 2.24) is 10.6 Å². The van der Waals surface area contributed by atoms with Gasteiger partial charge in [-0.15, -0.1) is 0 Å². The second-order valence-corrected chi connectivity index (χ2v) is 8.36. The molecule has 0 aromatic heterocycles. The minimum Gasteiger partial charge on any atom is -0.480 e. The summed E-state index contributed by atoms with van der Waals surface area (Å²) in [5.41, 5.74) is 3.62. The number of carbonyl (C=O) groups is 3. The van der Waals surface area contributed by atoms with Crippen molar-refractivity contribution >= 4 is 18.0 Å². The summed E-state index contributed by atoms with van der Waals surface area (Å²) in [7, 11) is 0. The first kappa shape index (κ1) is 21.8. The van der Waals surface area contributed by atoms with Crippen LogP contribution in [0.4, 0.5) is 4.79 Å². The van der Waals surface area contributed by atoms with Crippen molar-refractivity contribution in [3.63, 3.8) is 0 Å². The molecule has 0 saturated heterocycles. The highest BCUT2D eigenvalue weighted by Crippen LogP contribution is 2.44. The first-order chi connectivity index (χ1) is 15.4. The number of carboxylic acid groups (broad SMARTS) is 1. The highest BCUT2D eigenvalue weighted by atomic mass is 16.5. The van der Waals surface area contributed by atoms with Crippen LogP contribution in [-0.4, -0.2) is 54.0 Å². The zero-order chi connectivity index (χ0) is 22.7. The van der Waals surface area contributed by atoms with Gasteiger partial charge in [0.2, 0.25) is 5.91 Å². The van der Waals surface area contributed by atoms with Gasteiger partial charge in [-0.3, -0.25) is 4.79 Å². The summed E-state index contributed by atoms with van der Waals surface area (Å²) in [6, 6.07) is 14.7. The lowest BCUT2D eigenvalue weighted by Gasteiger charge is -2.40. The quantitative estimate of drug-likeness (QED) is 0.501. The Morgan fingerprint density at radius 3 is 2.12 bits per heavy atom. The molecule has 0 aliphatic heterocycles. The summed E-state index contributed by atoms with van der Waals surface area (Å²) in [5.74, 6) is -1.85. The number of hydrogen-bond donors (Lipinski definition) is 4. The van der Waals surface area contributed by atoms with E-state index in [1.54, 1.807) is 0 Å². The fourth-order valence-corrected chi connectivity index (χ4v) is 4.48. The lowest BCUT2D eigenvalue weighted by Crippen LogP contribution is -2.56. The number of aliphatic carboxylic acids is 1. The molecule has 0 radical (unpaired) electrons. The monoisotopic (exact) mass is 438 g/mol. The third-order valence-corrected chi connectivity index (χ3v) is 6.49. The van der Waals surface area contributed by atoms with E-state index >= 15 is 0 Å². The average molecular weight is 438 g/mol. The summed E-state index contributed by atoms with van der Waals surface area (Å²) in [4.78, 5) is 36.1. The van der Waals surface area contributed by atoms with Crippen LogP contribution in [0.2, 0.25) is 0 Å². The van der Waals surface area contributed by atoms with E-state index in [9.17, 15) is 14.4 Å². The number of carbonyl (C=O) groups excluding carboxylic acids is 2. The fraction of sp³-hybridized carbons (Fsp3) is 0.375. The molecule has 168 valence electrons. The normalized spacial score (nSPS) is 16.8. The standard InChI is InChI=1S/C24H26N2O6/c27-12-20(21(28)29)26-22(30)24(10-5-11-24)14-25-23(31)32-13-19-17-8-3-1-6-15(17)16-7-2-4-9-18(16)19/h1-4,6-9,19-20,27H,5,10-14H2,(H,25,31)(H,26,30)(H,28,29)/t20-/m0/s1. The van der Waals surface area contributed by atoms with Gasteiger partial charge in [0, 0.05) is 12.5 Å². The lowest BCUT2D eigenvalue weighted by molar-refractivity contribution is -0.146. The number of rotatable bonds is 8. The number of carboxylic acids is 1. The van der Waals surface area contributed by atoms with Gasteiger partial charge in [0.1, 0.15) is 12.6 Å². The minimum atomic E-state index is -1.37. The van der Waals surface area contributed by atoms with E-state index in [-0.39, 0.29) is 19.1 Å². The molecule has 0 unspecified atom stereocenters. The van der Waals surface area contributed by atoms with Crippen LogP contribution >= 0.6 is 0 Å². The third-order valence-electron chi connectivity index (χ3n) is 6.49. The number of fused-ring (bicyclic) bond motifs is 3. The van der Waals surface area contributed by atoms with Gasteiger partial charge in [0.25, 0.3) is 0 Å². The minimum absolute atomic E-state index is 0.0489. The number of aliphatic hydroxyl groups is 1. The molecule has 0 heterocycles. The van der Waals surface area contributed by atoms with Crippen molar-refractivity contribution in [2.75, 3.05) is 19.8 Å². The van der Waals surface area contributed by atoms with Gasteiger partial charge in [-0.05, 0) is 35.1 Å². The first-order valence-corrected chi connectivity index (χ1v) is 10.7. The maximum Gasteiger partial charge on any atom is 0.407 e. The van der Waals surface area contributed by atoms with Crippen LogP contribution < -0.4 is 10.6 Å². The Hall–Kier alpha value is -3.39. The maximum absolute atomic E-state index is 12.6. The van der Waals surface area contributed by atoms with Crippen LogP contribution in [0.25, 0.3) is 11.1 Å². The number of nitrogens with one attached hydrogen (secondary N) is 2. The number of hydrogen-bond acceptors (Lipinski definition) is 5. The van der Waals surface area contributed by atoms with Crippen LogP contribution in [0.5, 0.6) is 0 Å². The molecule has 1 saturated carbocycles. The number of amides is 2. The number of ether oxygens (including phenoxy) is 1. The molecule has 4 rings (SSSR count). The van der Waals surface area contributed by atoms with Gasteiger partial charge in [-0.2, -0.15) is 0 Å². The fourth-order valence-electron chi connectivity index (χ4n) is 4.48. The second kappa shape index (κ2) is 9.00. The molecule has 0 spiro atoms. The topological polar surface area (TPSA) is 125 Å². The summed E-state index contributed by atoms with van der Waals surface area (Å²) in [6.45, 7) is -0.477. The smallest absolute Gasteiger partial charge is 0.407 e. The Morgan fingerprint density at radius 1 is 1.03 bits per heavy atom. The SMILES string of the molecule is O=C(NCC1(C(=O)N[C@@H](CO)C(=O)O)CCC1)OCC1c2ccccc2-c2ccccc21. The molecule has 2 aromatic carbocycles. The van der Waals surface area contributed by atoms with Crippen LogP contribution in [0.15, 0.2) is 48.5 Å². The van der Waals surface area contributed by atoms with E-state index < -0.39 is 36.0 Å². The highest BCUT2D eigenvalue weighted by Gasteiger charge is 2.45. The Bertz CT molecular complexity index is 987. The van der Waals surface area contributed by atoms with Crippen LogP contribution in [0.1, 0.15) is 36.3 Å². The van der Waals surface area contributed by atoms with E-state index in [0.717, 1.165) is 28.7 Å². The third kappa shape index (κ3) is 4.05. The van der Waals surface area contributed by atoms with Gasteiger partial charge in [-0.25, -0.2) is 9.59 Å². The predicted octanol–water partition coefficient (Wildman–Crippen LogP) is 2.26. The molecule has 4 N–H and O–H groups in total. The van der Waals surface area contributed by atoms with E-state index in [4.69, 9.17) is 14.9 Å². The molecular formula is C24H26N2O6. The summed E-state index contributed by atoms with van der Waals surface area (Å²) < 4.78 is 5.51. The van der Waals surface area contributed by atoms with E-state index in [1.165, 1.54) is 0 Å². The van der Waals surface area contributed by atoms with Crippen molar-refractivity contribution in [2.24, 2.45) is 5.41 Å². The first-order valence-electron chi connectivity index (χ1n) is 10.7. The Morgan fingerprint density at radius 2 is 1.62 bits per heavy atom. The average Bonchev–Trinajstić information content (AvgIpc) is 3.09. The zero-order valence-corrected chi connectivity index (χ0v) is 17.5. The largest absolute Gasteiger partial charge is 0.480 e. The van der Waals surface area contributed by atoms with Crippen LogP contribution in [0.3, 0.4) is 0 Å². The van der Waals surface area contributed by atoms with E-state index in [2.05, 4.69) is 22.8 Å². The number of alkyl carbamates (subject to hydrolysis) is 1. The Labute approximate surface area is 185 Å². The van der Waals surface area contributed by atoms with Crippen molar-refractivity contribution in [1.29, 1.82) is 0 Å². The summed E-state index contributed by atoms with van der Waals surface area (Å²) >= 11 is 0. The van der Waals surface area contributed by atoms with Crippen molar-refractivity contribution in [3.8, 4) is 11.1 Å². The summed E-state index contributed by atoms with van der Waals surface area (Å²) in [5, 5.41) is 23.2. The van der Waals surface area contributed by atoms with Crippen molar-refractivity contribution < 1.29 is 29.3 Å². The molecule has 0 bridgehead atoms. The number of aliphatic hydroxyl groups excluding tert-OH is 1. The van der Waals surface area contributed by atoms with Gasteiger partial charge in [0.15, 0.2) is 0 Å². The van der Waals surface area contributed by atoms with Gasteiger partial charge < -0.3 is 25.6 Å². The van der Waals surface area contributed by atoms with E-state index in [1.807, 2.05) is 36.4 Å². The molecule has 2 amide bonds. The number of benzene rings is 2. The van der Waals surface area contributed by atoms with Gasteiger partial charge >= 0.3 is 12.1 Å². The molecule has 1 fully saturated rings. The molecule has 2 aromatic rings. The highest BCUT2D eigenvalue weighted by molar-refractivity contribution is 5.88. The van der Waals surface area contributed by atoms with Crippen LogP contribution in [0, 0.1) is 5.41 Å². The molecule has 8 nitrogen and oxygen atoms in total. The summed E-state index contributed by atoms with van der Waals surface area (Å²) in [6.07, 6.45) is 1.24. The molecule has 2 aliphatic carbocycles. The van der Waals surface area contributed by atoms with Gasteiger partial charge in [-0.1, -0.05) is 55.0 Å².